The van der Waals surface area contributed by atoms with Crippen LogP contribution in [0.3, 0.4) is 0 Å². The lowest BCUT2D eigenvalue weighted by Gasteiger charge is -2.27. The van der Waals surface area contributed by atoms with Gasteiger partial charge in [-0.2, -0.15) is 0 Å². The number of imide groups is 2. The van der Waals surface area contributed by atoms with E-state index in [9.17, 15) is 52.7 Å². The molecule has 2 heterocycles. The number of carbonyl (C=O) groups excluding carboxylic acids is 11. The zero-order valence-corrected chi connectivity index (χ0v) is 30.5. The average molecular weight is 764 g/mol. The van der Waals surface area contributed by atoms with Crippen molar-refractivity contribution in [2.45, 2.75) is 89.9 Å². The van der Waals surface area contributed by atoms with Gasteiger partial charge in [0.1, 0.15) is 24.2 Å². The first-order valence-corrected chi connectivity index (χ1v) is 16.7. The van der Waals surface area contributed by atoms with Crippen molar-refractivity contribution in [1.29, 1.82) is 0 Å². The lowest BCUT2D eigenvalue weighted by molar-refractivity contribution is -0.145. The fourth-order valence-electron chi connectivity index (χ4n) is 5.05. The summed E-state index contributed by atoms with van der Waals surface area (Å²) in [5, 5.41) is 16.9. The Morgan fingerprint density at radius 2 is 0.981 bits per heavy atom. The lowest BCUT2D eigenvalue weighted by atomic mass is 10.1. The van der Waals surface area contributed by atoms with Crippen molar-refractivity contribution in [3.63, 3.8) is 0 Å². The summed E-state index contributed by atoms with van der Waals surface area (Å²) in [4.78, 5) is 138. The quantitative estimate of drug-likeness (QED) is 0.0390. The van der Waals surface area contributed by atoms with Crippen molar-refractivity contribution in [3.05, 3.63) is 24.3 Å². The van der Waals surface area contributed by atoms with Crippen LogP contribution in [0.5, 0.6) is 0 Å². The minimum absolute atomic E-state index is 0.00371. The fourth-order valence-corrected chi connectivity index (χ4v) is 5.05. The van der Waals surface area contributed by atoms with Gasteiger partial charge in [0.05, 0.1) is 33.0 Å². The molecular weight excluding hydrogens is 718 g/mol. The molecule has 0 spiro atoms. The molecule has 0 aromatic rings. The number of ether oxygens (including phenoxy) is 2. The van der Waals surface area contributed by atoms with Gasteiger partial charge < -0.3 is 46.7 Å². The summed E-state index contributed by atoms with van der Waals surface area (Å²) >= 11 is 0. The Kier molecular flexibility index (Phi) is 16.7. The molecule has 0 radical (unpaired) electrons. The molecule has 2 aliphatic heterocycles. The molecule has 0 aromatic carbocycles. The highest BCUT2D eigenvalue weighted by Gasteiger charge is 2.35. The van der Waals surface area contributed by atoms with E-state index in [0.29, 0.717) is 16.2 Å². The van der Waals surface area contributed by atoms with Crippen LogP contribution >= 0.6 is 0 Å². The van der Waals surface area contributed by atoms with Gasteiger partial charge in [0, 0.05) is 30.8 Å². The lowest BCUT2D eigenvalue weighted by Crippen LogP contribution is -2.59. The molecule has 6 unspecified atom stereocenters. The highest BCUT2D eigenvalue weighted by molar-refractivity contribution is 6.15. The van der Waals surface area contributed by atoms with Gasteiger partial charge in [-0.15, -0.1) is 0 Å². The van der Waals surface area contributed by atoms with Crippen LogP contribution in [0.25, 0.3) is 0 Å². The molecular formula is C32H45N9O13. The first-order chi connectivity index (χ1) is 25.4. The molecule has 22 heteroatoms. The molecule has 22 nitrogen and oxygen atoms in total. The van der Waals surface area contributed by atoms with E-state index in [-0.39, 0.29) is 19.4 Å². The van der Waals surface area contributed by atoms with Gasteiger partial charge in [-0.05, 0) is 47.0 Å². The van der Waals surface area contributed by atoms with Gasteiger partial charge in [-0.25, -0.2) is 9.59 Å². The summed E-state index contributed by atoms with van der Waals surface area (Å²) in [6.07, 6.45) is -0.0413. The van der Waals surface area contributed by atoms with Crippen LogP contribution in [0, 0.1) is 0 Å². The maximum absolute atomic E-state index is 13.5. The number of hydrogen-bond acceptors (Lipinski definition) is 13. The number of alkyl carbamates (subject to hydrolysis) is 2. The predicted octanol–water partition coefficient (Wildman–Crippen LogP) is -3.10. The van der Waals surface area contributed by atoms with Crippen LogP contribution in [0.4, 0.5) is 9.59 Å². The highest BCUT2D eigenvalue weighted by Crippen LogP contribution is 2.11. The number of methoxy groups -OCH3 is 2. The smallest absolute Gasteiger partial charge is 0.407 e. The van der Waals surface area contributed by atoms with E-state index in [1.165, 1.54) is 34.8 Å². The topological polar surface area (TPSA) is 297 Å². The van der Waals surface area contributed by atoms with E-state index in [1.807, 2.05) is 0 Å². The van der Waals surface area contributed by atoms with Crippen LogP contribution in [0.2, 0.25) is 0 Å². The number of rotatable bonds is 19. The minimum Gasteiger partial charge on any atom is -0.453 e. The molecule has 0 fully saturated rings. The summed E-state index contributed by atoms with van der Waals surface area (Å²) in [6, 6.07) is -5.44. The summed E-state index contributed by atoms with van der Waals surface area (Å²) in [7, 11) is 2.25. The Bertz CT molecular complexity index is 1540. The molecule has 0 saturated carbocycles. The van der Waals surface area contributed by atoms with Crippen LogP contribution < -0.4 is 37.2 Å². The molecule has 11 amide bonds. The Morgan fingerprint density at radius 3 is 1.44 bits per heavy atom. The SMILES string of the molecule is COC(=O)NCCCCC(NC(=O)OC)C(=O)NC(CC(=O)NC(C)NC(=O)C(C)N1C(=O)C=CC1=O)C(=O)NC(C)NC(=O)C(C)N1C(=O)C=CC1=O. The van der Waals surface area contributed by atoms with E-state index >= 15 is 0 Å². The summed E-state index contributed by atoms with van der Waals surface area (Å²) < 4.78 is 9.09. The molecule has 7 N–H and O–H groups in total. The molecule has 6 atom stereocenters. The number of unbranched alkanes of at least 4 members (excludes halogenated alkanes) is 1. The minimum atomic E-state index is -1.66. The Morgan fingerprint density at radius 1 is 0.556 bits per heavy atom. The van der Waals surface area contributed by atoms with Gasteiger partial charge in [0.2, 0.25) is 29.5 Å². The van der Waals surface area contributed by atoms with Gasteiger partial charge in [0.25, 0.3) is 23.6 Å². The van der Waals surface area contributed by atoms with Crippen LogP contribution in [-0.4, -0.2) is 132 Å². The largest absolute Gasteiger partial charge is 0.453 e. The van der Waals surface area contributed by atoms with Crippen molar-refractivity contribution < 1.29 is 62.2 Å². The van der Waals surface area contributed by atoms with Gasteiger partial charge in [-0.3, -0.25) is 53.0 Å². The molecule has 0 aliphatic carbocycles. The van der Waals surface area contributed by atoms with E-state index < -0.39 is 108 Å². The fraction of sp³-hybridized carbons (Fsp3) is 0.531. The molecule has 296 valence electrons. The van der Waals surface area contributed by atoms with Gasteiger partial charge in [-0.1, -0.05) is 0 Å². The Hall–Kier alpha value is -6.35. The summed E-state index contributed by atoms with van der Waals surface area (Å²) in [5.74, 6) is -7.20. The maximum Gasteiger partial charge on any atom is 0.407 e. The molecule has 0 saturated heterocycles. The van der Waals surface area contributed by atoms with Crippen molar-refractivity contribution in [2.75, 3.05) is 20.8 Å². The number of nitrogens with one attached hydrogen (secondary N) is 7. The molecule has 2 rings (SSSR count). The standard InChI is InChI=1S/C32H45N9O13/c1-16(40-23(43)10-11-24(40)44)27(47)35-18(3)34-22(42)15-21(30(50)37-19(4)36-28(48)17(2)41-25(45)12-13-26(41)46)38-29(49)20(39-32(52)54-6)9-7-8-14-33-31(51)53-5/h10-13,16-21H,7-9,14-15H2,1-6H3,(H,33,51)(H,34,42)(H,35,47)(H,36,48)(H,37,50)(H,38,49)(H,39,52). The number of nitrogens with zero attached hydrogens (tertiary/aromatic N) is 2. The molecule has 0 aromatic heterocycles. The third-order valence-electron chi connectivity index (χ3n) is 7.86. The Balaban J connectivity index is 2.17. The Labute approximate surface area is 309 Å². The monoisotopic (exact) mass is 763 g/mol. The van der Waals surface area contributed by atoms with Crippen LogP contribution in [-0.2, 0) is 52.6 Å². The zero-order valence-electron chi connectivity index (χ0n) is 30.5. The second kappa shape index (κ2) is 20.6. The van der Waals surface area contributed by atoms with Crippen LogP contribution in [0.15, 0.2) is 24.3 Å². The van der Waals surface area contributed by atoms with E-state index in [2.05, 4.69) is 46.7 Å². The maximum atomic E-state index is 13.5. The van der Waals surface area contributed by atoms with E-state index in [0.717, 1.165) is 31.4 Å². The third kappa shape index (κ3) is 13.0. The second-order valence-electron chi connectivity index (χ2n) is 12.0. The van der Waals surface area contributed by atoms with Crippen molar-refractivity contribution in [3.8, 4) is 0 Å². The number of amides is 11. The highest BCUT2D eigenvalue weighted by atomic mass is 16.5. The first kappa shape index (κ1) is 43.8. The summed E-state index contributed by atoms with van der Waals surface area (Å²) in [6.45, 7) is 5.46. The predicted molar refractivity (Wildman–Crippen MR) is 183 cm³/mol. The van der Waals surface area contributed by atoms with Crippen molar-refractivity contribution in [1.82, 2.24) is 47.0 Å². The van der Waals surface area contributed by atoms with E-state index in [1.54, 1.807) is 0 Å². The van der Waals surface area contributed by atoms with Crippen LogP contribution in [0.1, 0.15) is 53.4 Å². The second-order valence-corrected chi connectivity index (χ2v) is 12.0. The average Bonchev–Trinajstić information content (AvgIpc) is 3.63. The third-order valence-corrected chi connectivity index (χ3v) is 7.86. The summed E-state index contributed by atoms with van der Waals surface area (Å²) in [5.41, 5.74) is 0. The molecule has 0 bridgehead atoms. The normalized spacial score (nSPS) is 16.7. The number of hydrogen-bond donors (Lipinski definition) is 7. The van der Waals surface area contributed by atoms with E-state index in [4.69, 9.17) is 0 Å². The molecule has 2 aliphatic rings. The van der Waals surface area contributed by atoms with Crippen molar-refractivity contribution in [2.24, 2.45) is 0 Å². The first-order valence-electron chi connectivity index (χ1n) is 16.7. The zero-order chi connectivity index (χ0) is 40.7. The number of carbonyl (C=O) groups is 11. The molecule has 54 heavy (non-hydrogen) atoms. The van der Waals surface area contributed by atoms with Gasteiger partial charge in [0.15, 0.2) is 0 Å². The van der Waals surface area contributed by atoms with Gasteiger partial charge >= 0.3 is 12.2 Å². The van der Waals surface area contributed by atoms with Crippen molar-refractivity contribution >= 4 is 65.4 Å².